The summed E-state index contributed by atoms with van der Waals surface area (Å²) >= 11 is 0. The highest BCUT2D eigenvalue weighted by Gasteiger charge is 2.10. The molecule has 0 atom stereocenters. The summed E-state index contributed by atoms with van der Waals surface area (Å²) in [6.45, 7) is 1.27. The van der Waals surface area contributed by atoms with Crippen molar-refractivity contribution >= 4 is 0 Å². The number of hydrogen-bond donors (Lipinski definition) is 1. The second-order valence-corrected chi connectivity index (χ2v) is 10.0. The third-order valence-corrected chi connectivity index (χ3v) is 6.87. The van der Waals surface area contributed by atoms with Crippen molar-refractivity contribution in [2.24, 2.45) is 0 Å². The lowest BCUT2D eigenvalue weighted by atomic mass is 10.1. The second-order valence-electron chi connectivity index (χ2n) is 10.0. The number of phenols is 1. The highest BCUT2D eigenvalue weighted by molar-refractivity contribution is 5.50. The van der Waals surface area contributed by atoms with Crippen LogP contribution in [-0.2, 0) is 12.8 Å². The molecule has 0 radical (unpaired) electrons. The largest absolute Gasteiger partial charge is 0.504 e. The SMILES string of the molecule is Oc1cccc(OCCCCCCCCc2ccccc2)c1OCCCCCCCCc1ccccc1. The first-order valence-electron chi connectivity index (χ1n) is 14.5. The quantitative estimate of drug-likeness (QED) is 0.156. The Balaban J connectivity index is 1.19. The van der Waals surface area contributed by atoms with E-state index in [1.807, 2.05) is 12.1 Å². The highest BCUT2D eigenvalue weighted by atomic mass is 16.5. The Morgan fingerprint density at radius 3 is 1.43 bits per heavy atom. The van der Waals surface area contributed by atoms with Gasteiger partial charge in [-0.25, -0.2) is 0 Å². The van der Waals surface area contributed by atoms with E-state index in [9.17, 15) is 5.11 Å². The van der Waals surface area contributed by atoms with Gasteiger partial charge >= 0.3 is 0 Å². The molecule has 0 spiro atoms. The summed E-state index contributed by atoms with van der Waals surface area (Å²) < 4.78 is 11.9. The molecule has 1 N–H and O–H groups in total. The van der Waals surface area contributed by atoms with Crippen molar-refractivity contribution in [1.29, 1.82) is 0 Å². The standard InChI is InChI=1S/C34H46O3/c35-32-26-19-27-33(36-28-17-7-3-1-5-11-20-30-22-13-9-14-23-30)34(32)37-29-18-8-4-2-6-12-21-31-24-15-10-16-25-31/h9-10,13-16,19,22-27,35H,1-8,11-12,17-18,20-21,28-29H2. The molecule has 0 heterocycles. The molecular formula is C34H46O3. The van der Waals surface area contributed by atoms with E-state index in [1.165, 1.54) is 81.8 Å². The van der Waals surface area contributed by atoms with Crippen LogP contribution < -0.4 is 9.47 Å². The number of phenolic OH excluding ortho intramolecular Hbond substituents is 1. The molecule has 0 bridgehead atoms. The molecule has 3 nitrogen and oxygen atoms in total. The fraction of sp³-hybridized carbons (Fsp3) is 0.471. The lowest BCUT2D eigenvalue weighted by Crippen LogP contribution is -2.03. The molecule has 3 heteroatoms. The van der Waals surface area contributed by atoms with Gasteiger partial charge in [0.1, 0.15) is 0 Å². The molecule has 0 aliphatic carbocycles. The molecular weight excluding hydrogens is 456 g/mol. The highest BCUT2D eigenvalue weighted by Crippen LogP contribution is 2.36. The average molecular weight is 503 g/mol. The fourth-order valence-corrected chi connectivity index (χ4v) is 4.69. The van der Waals surface area contributed by atoms with E-state index in [0.717, 1.165) is 19.3 Å². The normalized spacial score (nSPS) is 10.9. The zero-order valence-electron chi connectivity index (χ0n) is 22.6. The van der Waals surface area contributed by atoms with E-state index < -0.39 is 0 Å². The number of aromatic hydroxyl groups is 1. The van der Waals surface area contributed by atoms with E-state index in [4.69, 9.17) is 9.47 Å². The molecule has 0 unspecified atom stereocenters. The van der Waals surface area contributed by atoms with Crippen LogP contribution >= 0.6 is 0 Å². The van der Waals surface area contributed by atoms with Crippen LogP contribution in [0.4, 0.5) is 0 Å². The van der Waals surface area contributed by atoms with Gasteiger partial charge in [0, 0.05) is 0 Å². The topological polar surface area (TPSA) is 38.7 Å². The van der Waals surface area contributed by atoms with Gasteiger partial charge in [0.25, 0.3) is 0 Å². The maximum absolute atomic E-state index is 10.3. The summed E-state index contributed by atoms with van der Waals surface area (Å²) in [7, 11) is 0. The predicted molar refractivity (Wildman–Crippen MR) is 155 cm³/mol. The lowest BCUT2D eigenvalue weighted by Gasteiger charge is -2.14. The monoisotopic (exact) mass is 502 g/mol. The Labute approximate surface area is 224 Å². The summed E-state index contributed by atoms with van der Waals surface area (Å²) in [6.07, 6.45) is 16.8. The van der Waals surface area contributed by atoms with Crippen LogP contribution in [-0.4, -0.2) is 18.3 Å². The molecule has 3 aromatic rings. The van der Waals surface area contributed by atoms with Crippen molar-refractivity contribution in [1.82, 2.24) is 0 Å². The number of unbranched alkanes of at least 4 members (excludes halogenated alkanes) is 10. The van der Waals surface area contributed by atoms with Gasteiger partial charge < -0.3 is 14.6 Å². The van der Waals surface area contributed by atoms with Crippen LogP contribution in [0, 0.1) is 0 Å². The zero-order valence-corrected chi connectivity index (χ0v) is 22.6. The zero-order chi connectivity index (χ0) is 25.8. The Morgan fingerprint density at radius 1 is 0.432 bits per heavy atom. The number of rotatable bonds is 20. The Bertz CT molecular complexity index is 955. The van der Waals surface area contributed by atoms with Crippen molar-refractivity contribution in [3.63, 3.8) is 0 Å². The smallest absolute Gasteiger partial charge is 0.203 e. The summed E-state index contributed by atoms with van der Waals surface area (Å²) in [4.78, 5) is 0. The lowest BCUT2D eigenvalue weighted by molar-refractivity contribution is 0.249. The first-order valence-corrected chi connectivity index (χ1v) is 14.5. The van der Waals surface area contributed by atoms with Crippen molar-refractivity contribution in [3.05, 3.63) is 90.0 Å². The van der Waals surface area contributed by atoms with Gasteiger partial charge in [-0.2, -0.15) is 0 Å². The van der Waals surface area contributed by atoms with Crippen LogP contribution in [0.15, 0.2) is 78.9 Å². The van der Waals surface area contributed by atoms with Gasteiger partial charge in [0.2, 0.25) is 5.75 Å². The molecule has 200 valence electrons. The average Bonchev–Trinajstić information content (AvgIpc) is 2.93. The molecule has 0 saturated heterocycles. The minimum atomic E-state index is 0.164. The van der Waals surface area contributed by atoms with Gasteiger partial charge in [-0.05, 0) is 61.8 Å². The van der Waals surface area contributed by atoms with Crippen LogP contribution in [0.5, 0.6) is 17.2 Å². The van der Waals surface area contributed by atoms with Crippen LogP contribution in [0.2, 0.25) is 0 Å². The maximum Gasteiger partial charge on any atom is 0.203 e. The molecule has 37 heavy (non-hydrogen) atoms. The fourth-order valence-electron chi connectivity index (χ4n) is 4.69. The summed E-state index contributed by atoms with van der Waals surface area (Å²) in [5.41, 5.74) is 2.88. The van der Waals surface area contributed by atoms with Crippen LogP contribution in [0.1, 0.15) is 88.2 Å². The van der Waals surface area contributed by atoms with Crippen LogP contribution in [0.25, 0.3) is 0 Å². The maximum atomic E-state index is 10.3. The number of ether oxygens (including phenoxy) is 2. The first kappa shape index (κ1) is 28.6. The van der Waals surface area contributed by atoms with Crippen molar-refractivity contribution in [2.75, 3.05) is 13.2 Å². The minimum Gasteiger partial charge on any atom is -0.504 e. The van der Waals surface area contributed by atoms with Crippen molar-refractivity contribution in [2.45, 2.75) is 89.9 Å². The molecule has 3 rings (SSSR count). The third-order valence-electron chi connectivity index (χ3n) is 6.87. The van der Waals surface area contributed by atoms with Gasteiger partial charge in [-0.15, -0.1) is 0 Å². The Hall–Kier alpha value is -2.94. The minimum absolute atomic E-state index is 0.164. The molecule has 0 aromatic heterocycles. The number of hydrogen-bond acceptors (Lipinski definition) is 3. The van der Waals surface area contributed by atoms with E-state index in [2.05, 4.69) is 60.7 Å². The second kappa shape index (κ2) is 18.3. The summed E-state index contributed by atoms with van der Waals surface area (Å²) in [5.74, 6) is 1.31. The van der Waals surface area contributed by atoms with Gasteiger partial charge in [0.15, 0.2) is 11.5 Å². The first-order chi connectivity index (χ1) is 18.3. The Morgan fingerprint density at radius 2 is 0.892 bits per heavy atom. The van der Waals surface area contributed by atoms with E-state index >= 15 is 0 Å². The molecule has 0 aliphatic rings. The summed E-state index contributed by atoms with van der Waals surface area (Å²) in [5, 5.41) is 10.3. The van der Waals surface area contributed by atoms with E-state index in [-0.39, 0.29) is 5.75 Å². The number of para-hydroxylation sites is 1. The van der Waals surface area contributed by atoms with E-state index in [0.29, 0.717) is 24.7 Å². The molecule has 0 saturated carbocycles. The van der Waals surface area contributed by atoms with Gasteiger partial charge in [-0.3, -0.25) is 0 Å². The number of aryl methyl sites for hydroxylation is 2. The van der Waals surface area contributed by atoms with E-state index in [1.54, 1.807) is 6.07 Å². The molecule has 0 aliphatic heterocycles. The Kier molecular flexibility index (Phi) is 14.2. The van der Waals surface area contributed by atoms with Gasteiger partial charge in [-0.1, -0.05) is 118 Å². The van der Waals surface area contributed by atoms with Crippen molar-refractivity contribution < 1.29 is 14.6 Å². The number of benzene rings is 3. The van der Waals surface area contributed by atoms with Gasteiger partial charge in [0.05, 0.1) is 13.2 Å². The van der Waals surface area contributed by atoms with Crippen LogP contribution in [0.3, 0.4) is 0 Å². The molecule has 0 fully saturated rings. The molecule has 0 amide bonds. The third kappa shape index (κ3) is 12.2. The predicted octanol–water partition coefficient (Wildman–Crippen LogP) is 9.32. The molecule has 3 aromatic carbocycles. The summed E-state index contributed by atoms with van der Waals surface area (Å²) in [6, 6.07) is 26.9. The van der Waals surface area contributed by atoms with Crippen molar-refractivity contribution in [3.8, 4) is 17.2 Å².